The smallest absolute Gasteiger partial charge is 0.329 e. The second-order valence-electron chi connectivity index (χ2n) is 6.93. The Kier molecular flexibility index (Phi) is 8.56. The summed E-state index contributed by atoms with van der Waals surface area (Å²) in [5.74, 6) is -2.49. The Morgan fingerprint density at radius 3 is 2.03 bits per heavy atom. The number of hydrogen-bond acceptors (Lipinski definition) is 5. The molecule has 0 aliphatic carbocycles. The van der Waals surface area contributed by atoms with Crippen molar-refractivity contribution in [2.75, 3.05) is 6.61 Å². The summed E-state index contributed by atoms with van der Waals surface area (Å²) < 4.78 is 5.00. The van der Waals surface area contributed by atoms with Crippen molar-refractivity contribution >= 4 is 23.7 Å². The summed E-state index contributed by atoms with van der Waals surface area (Å²) in [5, 5.41) is 2.65. The molecule has 0 unspecified atom stereocenters. The number of benzene rings is 2. The van der Waals surface area contributed by atoms with E-state index in [-0.39, 0.29) is 18.2 Å². The molecule has 30 heavy (non-hydrogen) atoms. The fraction of sp³-hybridized carbons (Fsp3) is 0.273. The highest BCUT2D eigenvalue weighted by atomic mass is 16.5. The molecule has 0 saturated heterocycles. The van der Waals surface area contributed by atoms with Crippen LogP contribution in [0.15, 0.2) is 60.7 Å². The number of carbonyl (C=O) groups is 4. The average Bonchev–Trinajstić information content (AvgIpc) is 2.75. The van der Waals surface area contributed by atoms with E-state index in [2.05, 4.69) is 16.2 Å². The lowest BCUT2D eigenvalue weighted by molar-refractivity contribution is -0.152. The molecule has 0 radical (unpaired) electrons. The Bertz CT molecular complexity index is 869. The largest absolute Gasteiger partial charge is 0.454 e. The first-order chi connectivity index (χ1) is 14.4. The molecule has 0 aromatic heterocycles. The number of nitrogens with one attached hydrogen (secondary N) is 3. The van der Waals surface area contributed by atoms with Gasteiger partial charge in [0.1, 0.15) is 6.04 Å². The minimum atomic E-state index is -0.895. The minimum Gasteiger partial charge on any atom is -0.454 e. The number of amides is 3. The Morgan fingerprint density at radius 1 is 0.833 bits per heavy atom. The van der Waals surface area contributed by atoms with E-state index in [1.165, 1.54) is 0 Å². The van der Waals surface area contributed by atoms with Gasteiger partial charge in [-0.3, -0.25) is 25.2 Å². The molecule has 158 valence electrons. The molecule has 0 aliphatic heterocycles. The molecule has 8 heteroatoms. The first-order valence-electron chi connectivity index (χ1n) is 9.51. The van der Waals surface area contributed by atoms with Gasteiger partial charge in [-0.1, -0.05) is 62.4 Å². The van der Waals surface area contributed by atoms with E-state index >= 15 is 0 Å². The maximum absolute atomic E-state index is 12.3. The van der Waals surface area contributed by atoms with E-state index in [9.17, 15) is 19.2 Å². The average molecular weight is 411 g/mol. The highest BCUT2D eigenvalue weighted by Crippen LogP contribution is 2.06. The van der Waals surface area contributed by atoms with Gasteiger partial charge in [-0.2, -0.15) is 0 Å². The molecular weight excluding hydrogens is 386 g/mol. The van der Waals surface area contributed by atoms with Gasteiger partial charge in [0.25, 0.3) is 11.8 Å². The molecule has 0 fully saturated rings. The van der Waals surface area contributed by atoms with Crippen LogP contribution in [0.5, 0.6) is 0 Å². The highest BCUT2D eigenvalue weighted by molar-refractivity contribution is 5.95. The number of hydrazine groups is 1. The molecule has 2 aromatic carbocycles. The zero-order chi connectivity index (χ0) is 21.9. The third-order valence-corrected chi connectivity index (χ3v) is 4.14. The van der Waals surface area contributed by atoms with Gasteiger partial charge >= 0.3 is 5.97 Å². The molecule has 0 heterocycles. The number of rotatable bonds is 8. The fourth-order valence-electron chi connectivity index (χ4n) is 2.55. The molecule has 8 nitrogen and oxygen atoms in total. The Morgan fingerprint density at radius 2 is 1.43 bits per heavy atom. The van der Waals surface area contributed by atoms with E-state index < -0.39 is 30.4 Å². The second kappa shape index (κ2) is 11.4. The van der Waals surface area contributed by atoms with Crippen molar-refractivity contribution in [1.82, 2.24) is 16.2 Å². The van der Waals surface area contributed by atoms with Crippen molar-refractivity contribution in [2.24, 2.45) is 5.92 Å². The van der Waals surface area contributed by atoms with Gasteiger partial charge in [0.15, 0.2) is 6.61 Å². The van der Waals surface area contributed by atoms with Gasteiger partial charge < -0.3 is 10.1 Å². The lowest BCUT2D eigenvalue weighted by atomic mass is 10.0. The zero-order valence-electron chi connectivity index (χ0n) is 16.9. The molecule has 0 spiro atoms. The van der Waals surface area contributed by atoms with Crippen molar-refractivity contribution < 1.29 is 23.9 Å². The van der Waals surface area contributed by atoms with E-state index in [0.717, 1.165) is 5.56 Å². The maximum Gasteiger partial charge on any atom is 0.329 e. The summed E-state index contributed by atoms with van der Waals surface area (Å²) in [7, 11) is 0. The molecular formula is C22H25N3O5. The quantitative estimate of drug-likeness (QED) is 0.449. The lowest BCUT2D eigenvalue weighted by Crippen LogP contribution is -2.48. The molecule has 3 N–H and O–H groups in total. The van der Waals surface area contributed by atoms with Crippen molar-refractivity contribution in [3.63, 3.8) is 0 Å². The predicted molar refractivity (Wildman–Crippen MR) is 110 cm³/mol. The minimum absolute atomic E-state index is 0.128. The fourth-order valence-corrected chi connectivity index (χ4v) is 2.55. The molecule has 3 amide bonds. The van der Waals surface area contributed by atoms with Crippen LogP contribution in [-0.4, -0.2) is 36.3 Å². The Labute approximate surface area is 175 Å². The third kappa shape index (κ3) is 7.38. The van der Waals surface area contributed by atoms with Crippen molar-refractivity contribution in [2.45, 2.75) is 26.3 Å². The Balaban J connectivity index is 1.79. The van der Waals surface area contributed by atoms with Gasteiger partial charge in [-0.25, -0.2) is 4.79 Å². The van der Waals surface area contributed by atoms with Gasteiger partial charge in [0.05, 0.1) is 6.42 Å². The SMILES string of the molecule is CC(C)[C@H](NC(=O)Cc1ccccc1)C(=O)OCC(=O)NNC(=O)c1ccccc1. The summed E-state index contributed by atoms with van der Waals surface area (Å²) in [6.45, 7) is 2.93. The lowest BCUT2D eigenvalue weighted by Gasteiger charge is -2.20. The molecule has 1 atom stereocenters. The molecule has 0 bridgehead atoms. The van der Waals surface area contributed by atoms with Crippen LogP contribution in [0.3, 0.4) is 0 Å². The van der Waals surface area contributed by atoms with Crippen molar-refractivity contribution in [3.8, 4) is 0 Å². The zero-order valence-corrected chi connectivity index (χ0v) is 16.9. The second-order valence-corrected chi connectivity index (χ2v) is 6.93. The summed E-state index contributed by atoms with van der Waals surface area (Å²) in [5.41, 5.74) is 5.60. The topological polar surface area (TPSA) is 114 Å². The number of esters is 1. The van der Waals surface area contributed by atoms with Crippen LogP contribution >= 0.6 is 0 Å². The standard InChI is InChI=1S/C22H25N3O5/c1-15(2)20(23-18(26)13-16-9-5-3-6-10-16)22(29)30-14-19(27)24-25-21(28)17-11-7-4-8-12-17/h3-12,15,20H,13-14H2,1-2H3,(H,23,26)(H,24,27)(H,25,28)/t20-/m0/s1. The summed E-state index contributed by atoms with van der Waals surface area (Å²) >= 11 is 0. The van der Waals surface area contributed by atoms with Gasteiger partial charge in [0.2, 0.25) is 5.91 Å². The predicted octanol–water partition coefficient (Wildman–Crippen LogP) is 1.37. The monoisotopic (exact) mass is 411 g/mol. The first-order valence-corrected chi connectivity index (χ1v) is 9.51. The van der Waals surface area contributed by atoms with E-state index in [4.69, 9.17) is 4.74 Å². The van der Waals surface area contributed by atoms with E-state index in [1.807, 2.05) is 30.3 Å². The van der Waals surface area contributed by atoms with Gasteiger partial charge in [-0.15, -0.1) is 0 Å². The first kappa shape index (κ1) is 22.6. The molecule has 0 saturated carbocycles. The van der Waals surface area contributed by atoms with Gasteiger partial charge in [-0.05, 0) is 23.6 Å². The number of ether oxygens (including phenoxy) is 1. The number of carbonyl (C=O) groups excluding carboxylic acids is 4. The van der Waals surface area contributed by atoms with E-state index in [1.54, 1.807) is 44.2 Å². The van der Waals surface area contributed by atoms with Gasteiger partial charge in [0, 0.05) is 5.56 Å². The molecule has 2 aromatic rings. The number of hydrogen-bond donors (Lipinski definition) is 3. The van der Waals surface area contributed by atoms with Crippen LogP contribution in [-0.2, 0) is 25.5 Å². The van der Waals surface area contributed by atoms with Crippen LogP contribution in [0.1, 0.15) is 29.8 Å². The van der Waals surface area contributed by atoms with Crippen molar-refractivity contribution in [3.05, 3.63) is 71.8 Å². The molecule has 0 aliphatic rings. The van der Waals surface area contributed by atoms with Crippen LogP contribution in [0.4, 0.5) is 0 Å². The van der Waals surface area contributed by atoms with Crippen LogP contribution in [0.25, 0.3) is 0 Å². The van der Waals surface area contributed by atoms with Crippen LogP contribution in [0.2, 0.25) is 0 Å². The molecule has 2 rings (SSSR count). The Hall–Kier alpha value is -3.68. The van der Waals surface area contributed by atoms with Crippen molar-refractivity contribution in [1.29, 1.82) is 0 Å². The summed E-state index contributed by atoms with van der Waals surface area (Å²) in [6.07, 6.45) is 0.128. The van der Waals surface area contributed by atoms with E-state index in [0.29, 0.717) is 5.56 Å². The highest BCUT2D eigenvalue weighted by Gasteiger charge is 2.26. The van der Waals surface area contributed by atoms with Crippen LogP contribution in [0, 0.1) is 5.92 Å². The third-order valence-electron chi connectivity index (χ3n) is 4.14. The summed E-state index contributed by atoms with van der Waals surface area (Å²) in [6, 6.07) is 16.6. The normalized spacial score (nSPS) is 11.3. The van der Waals surface area contributed by atoms with Crippen LogP contribution < -0.4 is 16.2 Å². The summed E-state index contributed by atoms with van der Waals surface area (Å²) in [4.78, 5) is 48.3. The maximum atomic E-state index is 12.3.